The molecule has 0 bridgehead atoms. The minimum absolute atomic E-state index is 0.0429. The lowest BCUT2D eigenvalue weighted by Crippen LogP contribution is -2.56. The second-order valence-electron chi connectivity index (χ2n) is 10.2. The fourth-order valence-electron chi connectivity index (χ4n) is 4.94. The zero-order valence-electron chi connectivity index (χ0n) is 22.2. The Morgan fingerprint density at radius 1 is 1.03 bits per heavy atom. The van der Waals surface area contributed by atoms with Crippen LogP contribution in [0.1, 0.15) is 46.1 Å². The quantitative estimate of drug-likeness (QED) is 0.220. The zero-order valence-corrected chi connectivity index (χ0v) is 23.0. The molecule has 37 heavy (non-hydrogen) atoms. The van der Waals surface area contributed by atoms with E-state index in [1.807, 2.05) is 57.2 Å². The molecule has 1 N–H and O–H groups in total. The first-order valence-corrected chi connectivity index (χ1v) is 14.4. The van der Waals surface area contributed by atoms with Crippen molar-refractivity contribution in [1.29, 1.82) is 0 Å². The standard InChI is InChI=1S/C27H42O9S/c1-6-7-11-14-31-26-20(4)19(3)25(23(35-26)17-34-37(28,29)30)36-27-21(5)24(18(2)15-33-27)32-16-22-12-9-8-10-13-22/h6,8-10,12-13,18-21,23-27H,1,7,11,14-17H2,2-5H3,(H,28,29,30)/t18-,19-,20?,21?,23?,24-,25+,26-,27+/m1/s1. The van der Waals surface area contributed by atoms with Crippen molar-refractivity contribution in [2.24, 2.45) is 23.7 Å². The van der Waals surface area contributed by atoms with Gasteiger partial charge in [0.05, 0.1) is 38.6 Å². The van der Waals surface area contributed by atoms with Crippen molar-refractivity contribution in [3.8, 4) is 0 Å². The Balaban J connectivity index is 1.69. The summed E-state index contributed by atoms with van der Waals surface area (Å²) in [5, 5.41) is 0. The average molecular weight is 543 g/mol. The fourth-order valence-corrected chi connectivity index (χ4v) is 5.25. The summed E-state index contributed by atoms with van der Waals surface area (Å²) >= 11 is 0. The van der Waals surface area contributed by atoms with Crippen LogP contribution in [0, 0.1) is 23.7 Å². The van der Waals surface area contributed by atoms with E-state index in [4.69, 9.17) is 27.9 Å². The predicted octanol–water partition coefficient (Wildman–Crippen LogP) is 4.38. The van der Waals surface area contributed by atoms with Crippen molar-refractivity contribution in [3.63, 3.8) is 0 Å². The van der Waals surface area contributed by atoms with Gasteiger partial charge in [0, 0.05) is 17.8 Å². The number of rotatable bonds is 13. The molecule has 2 aliphatic rings. The molecule has 2 aliphatic heterocycles. The molecule has 210 valence electrons. The smallest absolute Gasteiger partial charge is 0.373 e. The average Bonchev–Trinajstić information content (AvgIpc) is 2.86. The first kappa shape index (κ1) is 30.2. The van der Waals surface area contributed by atoms with Gasteiger partial charge in [0.15, 0.2) is 12.6 Å². The number of hydrogen-bond acceptors (Lipinski definition) is 8. The summed E-state index contributed by atoms with van der Waals surface area (Å²) in [6.45, 7) is 12.9. The molecular weight excluding hydrogens is 500 g/mol. The molecule has 0 aliphatic carbocycles. The highest BCUT2D eigenvalue weighted by molar-refractivity contribution is 7.80. The monoisotopic (exact) mass is 542 g/mol. The zero-order chi connectivity index (χ0) is 27.0. The number of hydrogen-bond donors (Lipinski definition) is 1. The molecule has 2 saturated heterocycles. The van der Waals surface area contributed by atoms with Crippen LogP contribution < -0.4 is 0 Å². The Morgan fingerprint density at radius 2 is 1.76 bits per heavy atom. The molecule has 0 radical (unpaired) electrons. The van der Waals surface area contributed by atoms with Gasteiger partial charge in [0.25, 0.3) is 0 Å². The van der Waals surface area contributed by atoms with Gasteiger partial charge in [-0.25, -0.2) is 4.18 Å². The highest BCUT2D eigenvalue weighted by Gasteiger charge is 2.47. The third-order valence-corrected chi connectivity index (χ3v) is 7.71. The Hall–Kier alpha value is -1.37. The van der Waals surface area contributed by atoms with E-state index in [0.717, 1.165) is 18.4 Å². The fraction of sp³-hybridized carbons (Fsp3) is 0.704. The van der Waals surface area contributed by atoms with E-state index in [2.05, 4.69) is 13.5 Å². The lowest BCUT2D eigenvalue weighted by atomic mass is 9.84. The van der Waals surface area contributed by atoms with Crippen molar-refractivity contribution in [2.75, 3.05) is 19.8 Å². The van der Waals surface area contributed by atoms with E-state index < -0.39 is 41.8 Å². The normalized spacial score (nSPS) is 34.8. The van der Waals surface area contributed by atoms with Gasteiger partial charge in [-0.3, -0.25) is 4.55 Å². The summed E-state index contributed by atoms with van der Waals surface area (Å²) in [5.41, 5.74) is 1.09. The Bertz CT molecular complexity index is 925. The van der Waals surface area contributed by atoms with Gasteiger partial charge >= 0.3 is 10.4 Å². The van der Waals surface area contributed by atoms with Gasteiger partial charge in [0.1, 0.15) is 6.10 Å². The van der Waals surface area contributed by atoms with E-state index in [9.17, 15) is 13.0 Å². The maximum atomic E-state index is 11.3. The molecule has 9 nitrogen and oxygen atoms in total. The van der Waals surface area contributed by atoms with Crippen LogP contribution in [0.2, 0.25) is 0 Å². The van der Waals surface area contributed by atoms with Crippen LogP contribution >= 0.6 is 0 Å². The minimum Gasteiger partial charge on any atom is -0.373 e. The highest BCUT2D eigenvalue weighted by Crippen LogP contribution is 2.37. The van der Waals surface area contributed by atoms with Gasteiger partial charge in [-0.2, -0.15) is 8.42 Å². The molecule has 9 atom stereocenters. The van der Waals surface area contributed by atoms with Gasteiger partial charge in [-0.05, 0) is 24.3 Å². The van der Waals surface area contributed by atoms with Crippen molar-refractivity contribution >= 4 is 10.4 Å². The first-order valence-electron chi connectivity index (χ1n) is 13.0. The van der Waals surface area contributed by atoms with Crippen LogP contribution in [0.4, 0.5) is 0 Å². The Morgan fingerprint density at radius 3 is 2.43 bits per heavy atom. The topological polar surface area (TPSA) is 110 Å². The second-order valence-corrected chi connectivity index (χ2v) is 11.3. The van der Waals surface area contributed by atoms with Gasteiger partial charge in [0.2, 0.25) is 0 Å². The Labute approximate surface area is 221 Å². The van der Waals surface area contributed by atoms with E-state index in [1.165, 1.54) is 0 Å². The largest absolute Gasteiger partial charge is 0.397 e. The molecule has 1 aromatic rings. The molecule has 0 saturated carbocycles. The molecule has 3 unspecified atom stereocenters. The van der Waals surface area contributed by atoms with Gasteiger partial charge in [-0.15, -0.1) is 6.58 Å². The number of ether oxygens (including phenoxy) is 5. The van der Waals surface area contributed by atoms with Crippen LogP contribution in [0.3, 0.4) is 0 Å². The third kappa shape index (κ3) is 8.83. The molecule has 0 amide bonds. The van der Waals surface area contributed by atoms with Crippen LogP contribution in [0.5, 0.6) is 0 Å². The van der Waals surface area contributed by atoms with Gasteiger partial charge < -0.3 is 23.7 Å². The maximum Gasteiger partial charge on any atom is 0.397 e. The molecule has 1 aromatic carbocycles. The molecule has 10 heteroatoms. The number of benzene rings is 1. The van der Waals surface area contributed by atoms with Crippen LogP contribution in [0.25, 0.3) is 0 Å². The molecule has 2 fully saturated rings. The number of unbranched alkanes of at least 4 members (excludes halogenated alkanes) is 1. The summed E-state index contributed by atoms with van der Waals surface area (Å²) < 4.78 is 67.4. The molecular formula is C27H42O9S. The molecule has 0 spiro atoms. The summed E-state index contributed by atoms with van der Waals surface area (Å²) in [7, 11) is -4.65. The molecule has 3 rings (SSSR count). The minimum atomic E-state index is -4.65. The molecule has 0 aromatic heterocycles. The maximum absolute atomic E-state index is 11.3. The Kier molecular flexibility index (Phi) is 11.5. The first-order chi connectivity index (χ1) is 17.6. The van der Waals surface area contributed by atoms with Crippen LogP contribution in [0.15, 0.2) is 43.0 Å². The number of allylic oxidation sites excluding steroid dienone is 1. The van der Waals surface area contributed by atoms with Crippen LogP contribution in [-0.2, 0) is 44.9 Å². The third-order valence-electron chi connectivity index (χ3n) is 7.28. The summed E-state index contributed by atoms with van der Waals surface area (Å²) in [6, 6.07) is 10.00. The SMILES string of the molecule is C=CCCCO[C@@H]1OC(COS(=O)(=O)O)[C@@H](O[C@@H]2OC[C@@H](C)[C@@H](OCc3ccccc3)C2C)[C@H](C)C1C. The van der Waals surface area contributed by atoms with Crippen molar-refractivity contribution in [1.82, 2.24) is 0 Å². The lowest BCUT2D eigenvalue weighted by molar-refractivity contribution is -0.321. The highest BCUT2D eigenvalue weighted by atomic mass is 32.3. The van der Waals surface area contributed by atoms with E-state index in [1.54, 1.807) is 0 Å². The van der Waals surface area contributed by atoms with Crippen LogP contribution in [-0.4, -0.2) is 63.7 Å². The predicted molar refractivity (Wildman–Crippen MR) is 138 cm³/mol. The van der Waals surface area contributed by atoms with Crippen molar-refractivity contribution in [3.05, 3.63) is 48.6 Å². The summed E-state index contributed by atoms with van der Waals surface area (Å²) in [4.78, 5) is 0. The summed E-state index contributed by atoms with van der Waals surface area (Å²) in [6.07, 6.45) is 0.848. The van der Waals surface area contributed by atoms with E-state index >= 15 is 0 Å². The van der Waals surface area contributed by atoms with Crippen molar-refractivity contribution in [2.45, 2.75) is 78.0 Å². The van der Waals surface area contributed by atoms with Crippen molar-refractivity contribution < 1.29 is 40.8 Å². The van der Waals surface area contributed by atoms with Gasteiger partial charge in [-0.1, -0.05) is 64.1 Å². The molecule has 2 heterocycles. The second kappa shape index (κ2) is 14.1. The van der Waals surface area contributed by atoms with E-state index in [-0.39, 0.29) is 29.8 Å². The lowest BCUT2D eigenvalue weighted by Gasteiger charge is -2.47. The van der Waals surface area contributed by atoms with E-state index in [0.29, 0.717) is 19.8 Å². The summed E-state index contributed by atoms with van der Waals surface area (Å²) in [5.74, 6) is -0.0406.